The van der Waals surface area contributed by atoms with Crippen LogP contribution in [0.1, 0.15) is 62.8 Å². The van der Waals surface area contributed by atoms with E-state index in [1.54, 1.807) is 6.92 Å². The summed E-state index contributed by atoms with van der Waals surface area (Å²) < 4.78 is 0. The Morgan fingerprint density at radius 1 is 1.39 bits per heavy atom. The third kappa shape index (κ3) is 4.98. The number of hydrogen-bond donors (Lipinski definition) is 2. The lowest BCUT2D eigenvalue weighted by Gasteiger charge is -2.30. The molecule has 1 N–H and O–H groups in total. The molecule has 0 radical (unpaired) electrons. The van der Waals surface area contributed by atoms with E-state index in [1.807, 2.05) is 0 Å². The number of nitrogens with one attached hydrogen (secondary N) is 1. The normalized spacial score (nSPS) is 28.7. The van der Waals surface area contributed by atoms with Crippen molar-refractivity contribution in [2.45, 2.75) is 69.8 Å². The van der Waals surface area contributed by atoms with E-state index in [-0.39, 0.29) is 11.5 Å². The molecule has 1 heterocycles. The van der Waals surface area contributed by atoms with E-state index in [0.29, 0.717) is 12.3 Å². The summed E-state index contributed by atoms with van der Waals surface area (Å²) in [4.78, 5) is 11.7. The van der Waals surface area contributed by atoms with Crippen molar-refractivity contribution in [3.05, 3.63) is 47.7 Å². The lowest BCUT2D eigenvalue weighted by atomic mass is 9.78. The number of benzene rings is 1. The molecule has 4 atom stereocenters. The van der Waals surface area contributed by atoms with E-state index >= 15 is 0 Å². The zero-order valence-corrected chi connectivity index (χ0v) is 18.4. The van der Waals surface area contributed by atoms with Gasteiger partial charge >= 0.3 is 0 Å². The average molecular weight is 400 g/mol. The molecule has 4 nitrogen and oxygen atoms in total. The lowest BCUT2D eigenvalue weighted by Crippen LogP contribution is -2.33. The highest BCUT2D eigenvalue weighted by molar-refractivity contribution is 7.82. The van der Waals surface area contributed by atoms with Crippen LogP contribution in [0.15, 0.2) is 31.0 Å². The highest BCUT2D eigenvalue weighted by atomic mass is 32.1. The smallest absolute Gasteiger partial charge is 0.155 e. The Labute approximate surface area is 175 Å². The molecule has 2 aliphatic rings. The van der Waals surface area contributed by atoms with Crippen LogP contribution in [-0.4, -0.2) is 29.1 Å². The molecular weight excluding hydrogens is 366 g/mol. The fraction of sp³-hybridized carbons (Fsp3) is 0.565. The van der Waals surface area contributed by atoms with Gasteiger partial charge in [-0.2, -0.15) is 5.26 Å². The van der Waals surface area contributed by atoms with Gasteiger partial charge in [-0.1, -0.05) is 24.8 Å². The maximum atomic E-state index is 10.0. The summed E-state index contributed by atoms with van der Waals surface area (Å²) >= 11 is 3.92. The van der Waals surface area contributed by atoms with Gasteiger partial charge in [0.1, 0.15) is 4.87 Å². The van der Waals surface area contributed by atoms with Gasteiger partial charge in [-0.25, -0.2) is 0 Å². The van der Waals surface area contributed by atoms with Crippen molar-refractivity contribution in [3.63, 3.8) is 0 Å². The Balaban J connectivity index is 0.000000300. The van der Waals surface area contributed by atoms with E-state index < -0.39 is 4.87 Å². The van der Waals surface area contributed by atoms with Crippen LogP contribution in [0.25, 0.3) is 0 Å². The maximum Gasteiger partial charge on any atom is 0.155 e. The molecule has 4 unspecified atom stereocenters. The van der Waals surface area contributed by atoms with Gasteiger partial charge in [-0.05, 0) is 82.8 Å². The Morgan fingerprint density at radius 3 is 2.57 bits per heavy atom. The fourth-order valence-electron chi connectivity index (χ4n) is 4.45. The second-order valence-electron chi connectivity index (χ2n) is 8.50. The van der Waals surface area contributed by atoms with Crippen LogP contribution in [0.2, 0.25) is 0 Å². The molecule has 1 aliphatic carbocycles. The van der Waals surface area contributed by atoms with Crippen molar-refractivity contribution < 1.29 is 4.79 Å². The first-order chi connectivity index (χ1) is 13.2. The molecule has 3 rings (SSSR count). The van der Waals surface area contributed by atoms with Crippen LogP contribution >= 0.6 is 12.6 Å². The minimum atomic E-state index is -0.762. The second kappa shape index (κ2) is 9.15. The first-order valence-corrected chi connectivity index (χ1v) is 10.4. The van der Waals surface area contributed by atoms with E-state index in [4.69, 9.17) is 0 Å². The summed E-state index contributed by atoms with van der Waals surface area (Å²) in [6.07, 6.45) is 8.16. The highest BCUT2D eigenvalue weighted by Gasteiger charge is 2.47. The van der Waals surface area contributed by atoms with Crippen molar-refractivity contribution in [1.82, 2.24) is 10.2 Å². The maximum absolute atomic E-state index is 10.0. The number of thiol groups is 1. The lowest BCUT2D eigenvalue weighted by molar-refractivity contribution is -0.109. The van der Waals surface area contributed by atoms with E-state index in [0.717, 1.165) is 6.42 Å². The van der Waals surface area contributed by atoms with Crippen molar-refractivity contribution in [1.29, 1.82) is 5.26 Å². The van der Waals surface area contributed by atoms with Gasteiger partial charge in [0.15, 0.2) is 6.29 Å². The monoisotopic (exact) mass is 399 g/mol. The Kier molecular flexibility index (Phi) is 7.36. The van der Waals surface area contributed by atoms with E-state index in [2.05, 4.69) is 74.6 Å². The van der Waals surface area contributed by atoms with Crippen LogP contribution in [-0.2, 0) is 17.6 Å². The number of fused-ring (bicyclic) bond motifs is 1. The number of nitriles is 1. The van der Waals surface area contributed by atoms with Gasteiger partial charge in [-0.3, -0.25) is 9.69 Å². The molecule has 1 fully saturated rings. The molecule has 0 saturated carbocycles. The van der Waals surface area contributed by atoms with Gasteiger partial charge in [-0.15, -0.1) is 12.6 Å². The molecule has 0 spiro atoms. The van der Waals surface area contributed by atoms with E-state index in [1.165, 1.54) is 48.6 Å². The van der Waals surface area contributed by atoms with Crippen LogP contribution in [0.5, 0.6) is 0 Å². The molecule has 0 aromatic heterocycles. The summed E-state index contributed by atoms with van der Waals surface area (Å²) in [6.45, 7) is 9.37. The third-order valence-corrected chi connectivity index (χ3v) is 6.23. The number of aldehydes is 1. The summed E-state index contributed by atoms with van der Waals surface area (Å²) in [5, 5.41) is 12.3. The SMILES string of the molecule is C=CNC(C)(S)C=O.CC1CC(C)(C#N)C(c2ccc3c(c2)CCCC3)N1C. The van der Waals surface area contributed by atoms with Gasteiger partial charge in [0.2, 0.25) is 0 Å². The topological polar surface area (TPSA) is 56.1 Å². The summed E-state index contributed by atoms with van der Waals surface area (Å²) in [7, 11) is 2.16. The number of likely N-dealkylation sites (tertiary alicyclic amines) is 1. The number of aryl methyl sites for hydroxylation is 2. The first kappa shape index (κ1) is 22.5. The van der Waals surface area contributed by atoms with Crippen LogP contribution < -0.4 is 5.32 Å². The van der Waals surface area contributed by atoms with Crippen molar-refractivity contribution in [2.24, 2.45) is 5.41 Å². The molecule has 1 aromatic carbocycles. The molecular formula is C23H33N3OS. The van der Waals surface area contributed by atoms with Gasteiger partial charge in [0, 0.05) is 6.04 Å². The third-order valence-electron chi connectivity index (χ3n) is 5.99. The van der Waals surface area contributed by atoms with Crippen LogP contribution in [0.4, 0.5) is 0 Å². The molecule has 1 saturated heterocycles. The molecule has 1 aliphatic heterocycles. The highest BCUT2D eigenvalue weighted by Crippen LogP contribution is 2.49. The molecule has 1 aromatic rings. The van der Waals surface area contributed by atoms with Gasteiger partial charge in [0.25, 0.3) is 0 Å². The number of rotatable bonds is 4. The molecule has 0 bridgehead atoms. The van der Waals surface area contributed by atoms with Crippen LogP contribution in [0, 0.1) is 16.7 Å². The standard InChI is InChI=1S/C18H24N2.C5H9NOS/c1-13-11-18(2,12-19)17(20(13)3)16-9-8-14-6-4-5-7-15(14)10-16;1-3-6-5(2,8)4-7/h8-10,13,17H,4-7,11H2,1-3H3;3-4,6,8H,1H2,2H3. The zero-order chi connectivity index (χ0) is 20.9. The van der Waals surface area contributed by atoms with Gasteiger partial charge in [0.05, 0.1) is 17.5 Å². The summed E-state index contributed by atoms with van der Waals surface area (Å²) in [5.74, 6) is 0. The molecule has 0 amide bonds. The summed E-state index contributed by atoms with van der Waals surface area (Å²) in [5.41, 5.74) is 4.10. The molecule has 152 valence electrons. The second-order valence-corrected chi connectivity index (χ2v) is 9.43. The first-order valence-electron chi connectivity index (χ1n) is 9.99. The number of carbonyl (C=O) groups is 1. The fourth-order valence-corrected chi connectivity index (χ4v) is 4.54. The van der Waals surface area contributed by atoms with Crippen LogP contribution in [0.3, 0.4) is 0 Å². The number of carbonyl (C=O) groups excluding carboxylic acids is 1. The largest absolute Gasteiger partial charge is 0.372 e. The predicted octanol–water partition coefficient (Wildman–Crippen LogP) is 4.42. The van der Waals surface area contributed by atoms with Crippen molar-refractivity contribution >= 4 is 18.9 Å². The quantitative estimate of drug-likeness (QED) is 0.447. The van der Waals surface area contributed by atoms with E-state index in [9.17, 15) is 10.1 Å². The predicted molar refractivity (Wildman–Crippen MR) is 118 cm³/mol. The Morgan fingerprint density at radius 2 is 2.04 bits per heavy atom. The van der Waals surface area contributed by atoms with Gasteiger partial charge < -0.3 is 5.32 Å². The minimum Gasteiger partial charge on any atom is -0.372 e. The number of hydrogen-bond acceptors (Lipinski definition) is 5. The van der Waals surface area contributed by atoms with Crippen molar-refractivity contribution in [2.75, 3.05) is 7.05 Å². The Hall–Kier alpha value is -1.77. The molecule has 28 heavy (non-hydrogen) atoms. The average Bonchev–Trinajstić information content (AvgIpc) is 2.91. The zero-order valence-electron chi connectivity index (χ0n) is 17.5. The Bertz CT molecular complexity index is 755. The number of nitrogens with zero attached hydrogens (tertiary/aromatic N) is 2. The summed E-state index contributed by atoms with van der Waals surface area (Å²) in [6, 6.07) is 10.2. The minimum absolute atomic E-state index is 0.231. The molecule has 5 heteroatoms. The van der Waals surface area contributed by atoms with Crippen molar-refractivity contribution in [3.8, 4) is 6.07 Å².